The fourth-order valence-electron chi connectivity index (χ4n) is 7.82. The third-order valence-electron chi connectivity index (χ3n) is 9.92. The Labute approximate surface area is 265 Å². The van der Waals surface area contributed by atoms with Crippen LogP contribution in [0.25, 0.3) is 33.7 Å². The third-order valence-corrected chi connectivity index (χ3v) is 9.92. The number of carbonyl (C=O) groups is 2. The van der Waals surface area contributed by atoms with Crippen LogP contribution in [0.2, 0.25) is 0 Å². The lowest BCUT2D eigenvalue weighted by molar-refractivity contribution is -0.138. The highest BCUT2D eigenvalue weighted by atomic mass is 16.4. The minimum Gasteiger partial charge on any atom is -0.481 e. The molecule has 0 bridgehead atoms. The molecular formula is C41H40O4. The Bertz CT molecular complexity index is 1800. The zero-order valence-electron chi connectivity index (χ0n) is 26.1. The molecule has 0 radical (unpaired) electrons. The summed E-state index contributed by atoms with van der Waals surface area (Å²) in [6, 6.07) is 21.3. The van der Waals surface area contributed by atoms with E-state index in [4.69, 9.17) is 0 Å². The van der Waals surface area contributed by atoms with Crippen molar-refractivity contribution in [1.29, 1.82) is 0 Å². The Morgan fingerprint density at radius 2 is 1.11 bits per heavy atom. The summed E-state index contributed by atoms with van der Waals surface area (Å²) in [5, 5.41) is 24.2. The van der Waals surface area contributed by atoms with Crippen molar-refractivity contribution >= 4 is 45.6 Å². The first-order chi connectivity index (χ1) is 21.6. The van der Waals surface area contributed by atoms with Crippen LogP contribution in [0.5, 0.6) is 0 Å². The summed E-state index contributed by atoms with van der Waals surface area (Å²) in [6.45, 7) is 12.4. The summed E-state index contributed by atoms with van der Waals surface area (Å²) in [4.78, 5) is 24.0. The van der Waals surface area contributed by atoms with Crippen LogP contribution in [0.15, 0.2) is 97.1 Å². The fraction of sp³-hybridized carbons (Fsp3) is 0.268. The first-order valence-electron chi connectivity index (χ1n) is 15.8. The summed E-state index contributed by atoms with van der Waals surface area (Å²) in [7, 11) is 0. The molecule has 0 spiro atoms. The van der Waals surface area contributed by atoms with Gasteiger partial charge in [-0.15, -0.1) is 13.2 Å². The molecule has 2 atom stereocenters. The van der Waals surface area contributed by atoms with Gasteiger partial charge in [-0.25, -0.2) is 0 Å². The maximum Gasteiger partial charge on any atom is 0.304 e. The summed E-state index contributed by atoms with van der Waals surface area (Å²) in [5.74, 6) is -1.95. The first kappa shape index (κ1) is 30.3. The molecule has 0 aromatic heterocycles. The largest absolute Gasteiger partial charge is 0.481 e. The number of rotatable bonds is 12. The van der Waals surface area contributed by atoms with Crippen LogP contribution < -0.4 is 0 Å². The molecule has 0 fully saturated rings. The van der Waals surface area contributed by atoms with Crippen molar-refractivity contribution < 1.29 is 19.8 Å². The van der Waals surface area contributed by atoms with Crippen molar-refractivity contribution in [1.82, 2.24) is 0 Å². The molecule has 45 heavy (non-hydrogen) atoms. The molecule has 2 unspecified atom stereocenters. The minimum absolute atomic E-state index is 0.0581. The minimum atomic E-state index is -0.798. The van der Waals surface area contributed by atoms with Gasteiger partial charge < -0.3 is 10.2 Å². The van der Waals surface area contributed by atoms with Gasteiger partial charge >= 0.3 is 11.9 Å². The van der Waals surface area contributed by atoms with Crippen LogP contribution in [0.3, 0.4) is 0 Å². The predicted octanol–water partition coefficient (Wildman–Crippen LogP) is 10.2. The van der Waals surface area contributed by atoms with Crippen molar-refractivity contribution in [3.8, 4) is 0 Å². The highest BCUT2D eigenvalue weighted by Gasteiger charge is 2.35. The van der Waals surface area contributed by atoms with E-state index < -0.39 is 17.4 Å². The second kappa shape index (κ2) is 12.0. The van der Waals surface area contributed by atoms with Gasteiger partial charge in [0.2, 0.25) is 0 Å². The van der Waals surface area contributed by atoms with Gasteiger partial charge in [0.1, 0.15) is 0 Å². The van der Waals surface area contributed by atoms with Crippen molar-refractivity contribution in [3.63, 3.8) is 0 Å². The number of hydrogen-bond donors (Lipinski definition) is 2. The first-order valence-corrected chi connectivity index (χ1v) is 15.8. The molecule has 228 valence electrons. The molecule has 2 N–H and O–H groups in total. The smallest absolute Gasteiger partial charge is 0.304 e. The van der Waals surface area contributed by atoms with Crippen molar-refractivity contribution in [2.24, 2.45) is 0 Å². The topological polar surface area (TPSA) is 74.6 Å². The van der Waals surface area contributed by atoms with Crippen LogP contribution in [0.4, 0.5) is 0 Å². The molecule has 4 heteroatoms. The monoisotopic (exact) mass is 596 g/mol. The average Bonchev–Trinajstić information content (AvgIpc) is 3.01. The summed E-state index contributed by atoms with van der Waals surface area (Å²) in [5.41, 5.74) is 8.69. The maximum atomic E-state index is 12.0. The number of carboxylic acid groups (broad SMARTS) is 2. The Balaban J connectivity index is 1.60. The lowest BCUT2D eigenvalue weighted by Crippen LogP contribution is -2.24. The van der Waals surface area contributed by atoms with Crippen molar-refractivity contribution in [2.75, 3.05) is 0 Å². The van der Waals surface area contributed by atoms with E-state index in [0.29, 0.717) is 0 Å². The zero-order valence-corrected chi connectivity index (χ0v) is 26.1. The molecular weight excluding hydrogens is 556 g/mol. The van der Waals surface area contributed by atoms with E-state index in [1.165, 1.54) is 11.1 Å². The van der Waals surface area contributed by atoms with Crippen LogP contribution in [-0.4, -0.2) is 22.2 Å². The van der Waals surface area contributed by atoms with Gasteiger partial charge in [-0.2, -0.15) is 0 Å². The van der Waals surface area contributed by atoms with Crippen LogP contribution in [0, 0.1) is 0 Å². The normalized spacial score (nSPS) is 17.1. The Morgan fingerprint density at radius 3 is 1.49 bits per heavy atom. The number of benzene rings is 4. The molecule has 0 amide bonds. The summed E-state index contributed by atoms with van der Waals surface area (Å²) >= 11 is 0. The molecule has 4 nitrogen and oxygen atoms in total. The number of carboxylic acids is 2. The lowest BCUT2D eigenvalue weighted by Gasteiger charge is -2.36. The molecule has 2 aliphatic rings. The van der Waals surface area contributed by atoms with E-state index in [-0.39, 0.29) is 24.7 Å². The molecule has 0 saturated carbocycles. The lowest BCUT2D eigenvalue weighted by atomic mass is 9.68. The van der Waals surface area contributed by atoms with Gasteiger partial charge in [0, 0.05) is 17.3 Å². The van der Waals surface area contributed by atoms with Crippen LogP contribution >= 0.6 is 0 Å². The molecule has 6 rings (SSSR count). The molecule has 0 saturated heterocycles. The Hall–Kier alpha value is -4.70. The van der Waals surface area contributed by atoms with Gasteiger partial charge in [-0.1, -0.05) is 110 Å². The van der Waals surface area contributed by atoms with E-state index in [9.17, 15) is 19.8 Å². The van der Waals surface area contributed by atoms with Gasteiger partial charge in [0.25, 0.3) is 0 Å². The van der Waals surface area contributed by atoms with Gasteiger partial charge in [0.15, 0.2) is 0 Å². The van der Waals surface area contributed by atoms with E-state index in [1.807, 2.05) is 24.3 Å². The second-order valence-corrected chi connectivity index (χ2v) is 13.0. The van der Waals surface area contributed by atoms with E-state index in [1.54, 1.807) is 0 Å². The molecule has 2 aliphatic carbocycles. The third kappa shape index (κ3) is 5.33. The zero-order chi connectivity index (χ0) is 31.9. The summed E-state index contributed by atoms with van der Waals surface area (Å²) < 4.78 is 0. The number of hydrogen-bond acceptors (Lipinski definition) is 2. The summed E-state index contributed by atoms with van der Waals surface area (Å²) in [6.07, 6.45) is 11.5. The quantitative estimate of drug-likeness (QED) is 0.160. The van der Waals surface area contributed by atoms with E-state index in [2.05, 4.69) is 87.7 Å². The molecule has 0 aliphatic heterocycles. The van der Waals surface area contributed by atoms with Crippen LogP contribution in [-0.2, 0) is 15.0 Å². The van der Waals surface area contributed by atoms with Gasteiger partial charge in [0.05, 0.1) is 12.8 Å². The Morgan fingerprint density at radius 1 is 0.689 bits per heavy atom. The molecule has 4 aromatic rings. The maximum absolute atomic E-state index is 12.0. The fourth-order valence-corrected chi connectivity index (χ4v) is 7.82. The molecule has 0 heterocycles. The standard InChI is InChI=1S/C41H40O4/c1-5-7-11-27-21-33-35(19-17-25-13-9-15-29(39(25)33)31(27)23-37(42)43)41(3,4)36-20-18-26-14-10-16-30-32(24-38(44)45)28(12-8-6-2)22-34(36)40(26)30/h5-6,9-10,13-22,31-32H,1-2,7-8,11-12,23-24H2,3-4H3,(H,42,43)(H,44,45). The van der Waals surface area contributed by atoms with E-state index >= 15 is 0 Å². The number of allylic oxidation sites excluding steroid dienone is 4. The highest BCUT2D eigenvalue weighted by Crippen LogP contribution is 2.50. The van der Waals surface area contributed by atoms with Crippen molar-refractivity contribution in [3.05, 3.63) is 131 Å². The number of aliphatic carboxylic acids is 2. The highest BCUT2D eigenvalue weighted by molar-refractivity contribution is 6.01. The Kier molecular flexibility index (Phi) is 8.09. The second-order valence-electron chi connectivity index (χ2n) is 13.0. The van der Waals surface area contributed by atoms with Crippen molar-refractivity contribution in [2.45, 2.75) is 69.6 Å². The van der Waals surface area contributed by atoms with E-state index in [0.717, 1.165) is 80.6 Å². The van der Waals surface area contributed by atoms with Gasteiger partial charge in [-0.05, 0) is 80.6 Å². The molecule has 4 aromatic carbocycles. The average molecular weight is 597 g/mol. The van der Waals surface area contributed by atoms with Crippen LogP contribution in [0.1, 0.15) is 97.6 Å². The SMILES string of the molecule is C=CCCC1=Cc2c(C(C)(C)c3ccc4cccc5c4c3C=C(CCC=C)C5CC(=O)O)ccc3cccc(c23)C1CC(=O)O. The predicted molar refractivity (Wildman–Crippen MR) is 185 cm³/mol. The van der Waals surface area contributed by atoms with Gasteiger partial charge in [-0.3, -0.25) is 9.59 Å².